The van der Waals surface area contributed by atoms with Crippen LogP contribution in [0.1, 0.15) is 24.0 Å². The van der Waals surface area contributed by atoms with Crippen molar-refractivity contribution >= 4 is 11.6 Å². The summed E-state index contributed by atoms with van der Waals surface area (Å²) in [6.45, 7) is 7.92. The molecule has 0 heterocycles. The van der Waals surface area contributed by atoms with Crippen molar-refractivity contribution in [2.45, 2.75) is 19.8 Å². The maximum absolute atomic E-state index is 5.98. The van der Waals surface area contributed by atoms with Gasteiger partial charge in [-0.25, -0.2) is 0 Å². The average molecular weight is 181 g/mol. The van der Waals surface area contributed by atoms with E-state index in [4.69, 9.17) is 11.6 Å². The van der Waals surface area contributed by atoms with Gasteiger partial charge in [-0.15, -0.1) is 6.58 Å². The zero-order chi connectivity index (χ0) is 9.14. The summed E-state index contributed by atoms with van der Waals surface area (Å²) >= 11 is 5.98. The second kappa shape index (κ2) is 3.77. The summed E-state index contributed by atoms with van der Waals surface area (Å²) in [6.07, 6.45) is 1.93. The lowest BCUT2D eigenvalue weighted by atomic mass is 9.97. The Morgan fingerprint density at radius 2 is 2.17 bits per heavy atom. The maximum atomic E-state index is 5.98. The van der Waals surface area contributed by atoms with Crippen LogP contribution < -0.4 is 0 Å². The minimum Gasteiger partial charge on any atom is -0.102 e. The minimum atomic E-state index is 0.378. The molecule has 64 valence electrons. The molecule has 0 N–H and O–H groups in total. The quantitative estimate of drug-likeness (QED) is 0.605. The molecule has 0 radical (unpaired) electrons. The van der Waals surface area contributed by atoms with Crippen molar-refractivity contribution in [3.63, 3.8) is 0 Å². The van der Waals surface area contributed by atoms with E-state index in [2.05, 4.69) is 19.6 Å². The van der Waals surface area contributed by atoms with Gasteiger partial charge in [-0.2, -0.15) is 0 Å². The highest BCUT2D eigenvalue weighted by Crippen LogP contribution is 2.25. The van der Waals surface area contributed by atoms with Crippen molar-refractivity contribution in [2.75, 3.05) is 0 Å². The number of allylic oxidation sites excluding steroid dienone is 1. The van der Waals surface area contributed by atoms with Crippen LogP contribution in [0, 0.1) is 6.92 Å². The third-order valence-electron chi connectivity index (χ3n) is 2.15. The SMILES string of the molecule is C=CC(C)c1cccc(Cl)c1C. The van der Waals surface area contributed by atoms with Crippen LogP contribution in [0.5, 0.6) is 0 Å². The van der Waals surface area contributed by atoms with Gasteiger partial charge in [-0.05, 0) is 30.0 Å². The molecule has 1 heteroatoms. The van der Waals surface area contributed by atoms with E-state index in [1.807, 2.05) is 25.1 Å². The highest BCUT2D eigenvalue weighted by atomic mass is 35.5. The van der Waals surface area contributed by atoms with E-state index in [9.17, 15) is 0 Å². The van der Waals surface area contributed by atoms with E-state index < -0.39 is 0 Å². The van der Waals surface area contributed by atoms with E-state index in [-0.39, 0.29) is 0 Å². The predicted octanol–water partition coefficient (Wildman–Crippen LogP) is 3.94. The first-order chi connectivity index (χ1) is 5.66. The number of hydrogen-bond donors (Lipinski definition) is 0. The lowest BCUT2D eigenvalue weighted by Gasteiger charge is -2.10. The third-order valence-corrected chi connectivity index (χ3v) is 2.56. The van der Waals surface area contributed by atoms with Crippen LogP contribution in [0.15, 0.2) is 30.9 Å². The Balaban J connectivity index is 3.15. The Morgan fingerprint density at radius 3 is 2.75 bits per heavy atom. The molecule has 0 nitrogen and oxygen atoms in total. The van der Waals surface area contributed by atoms with Crippen LogP contribution in [0.25, 0.3) is 0 Å². The first-order valence-electron chi connectivity index (χ1n) is 4.04. The van der Waals surface area contributed by atoms with Crippen LogP contribution >= 0.6 is 11.6 Å². The number of halogens is 1. The normalized spacial score (nSPS) is 12.6. The number of benzene rings is 1. The average Bonchev–Trinajstić information content (AvgIpc) is 2.08. The Labute approximate surface area is 78.9 Å². The van der Waals surface area contributed by atoms with Crippen molar-refractivity contribution < 1.29 is 0 Å². The summed E-state index contributed by atoms with van der Waals surface area (Å²) < 4.78 is 0. The van der Waals surface area contributed by atoms with E-state index in [1.54, 1.807) is 0 Å². The van der Waals surface area contributed by atoms with Crippen LogP contribution in [-0.2, 0) is 0 Å². The highest BCUT2D eigenvalue weighted by molar-refractivity contribution is 6.31. The number of rotatable bonds is 2. The molecule has 0 aliphatic rings. The standard InChI is InChI=1S/C11H13Cl/c1-4-8(2)10-6-5-7-11(12)9(10)3/h4-8H,1H2,2-3H3. The summed E-state index contributed by atoms with van der Waals surface area (Å²) in [6, 6.07) is 5.98. The van der Waals surface area contributed by atoms with E-state index in [0.717, 1.165) is 10.6 Å². The van der Waals surface area contributed by atoms with Crippen molar-refractivity contribution in [1.82, 2.24) is 0 Å². The monoisotopic (exact) mass is 180 g/mol. The van der Waals surface area contributed by atoms with Gasteiger partial charge in [-0.1, -0.05) is 36.7 Å². The summed E-state index contributed by atoms with van der Waals surface area (Å²) in [5.74, 6) is 0.378. The fourth-order valence-electron chi connectivity index (χ4n) is 1.24. The minimum absolute atomic E-state index is 0.378. The van der Waals surface area contributed by atoms with Gasteiger partial charge >= 0.3 is 0 Å². The fraction of sp³-hybridized carbons (Fsp3) is 0.273. The van der Waals surface area contributed by atoms with Crippen molar-refractivity contribution in [3.05, 3.63) is 47.0 Å². The van der Waals surface area contributed by atoms with E-state index >= 15 is 0 Å². The molecule has 1 aromatic carbocycles. The maximum Gasteiger partial charge on any atom is 0.0438 e. The van der Waals surface area contributed by atoms with Gasteiger partial charge in [0.1, 0.15) is 0 Å². The second-order valence-electron chi connectivity index (χ2n) is 2.98. The van der Waals surface area contributed by atoms with Crippen molar-refractivity contribution in [2.24, 2.45) is 0 Å². The van der Waals surface area contributed by atoms with E-state index in [1.165, 1.54) is 5.56 Å². The van der Waals surface area contributed by atoms with Gasteiger partial charge in [0.05, 0.1) is 0 Å². The Bertz CT molecular complexity index is 289. The Kier molecular flexibility index (Phi) is 2.93. The van der Waals surface area contributed by atoms with Gasteiger partial charge in [0.25, 0.3) is 0 Å². The second-order valence-corrected chi connectivity index (χ2v) is 3.39. The molecule has 1 rings (SSSR count). The van der Waals surface area contributed by atoms with Gasteiger partial charge in [0, 0.05) is 5.02 Å². The van der Waals surface area contributed by atoms with Gasteiger partial charge in [-0.3, -0.25) is 0 Å². The third kappa shape index (κ3) is 1.70. The summed E-state index contributed by atoms with van der Waals surface area (Å²) in [4.78, 5) is 0. The van der Waals surface area contributed by atoms with Crippen molar-refractivity contribution in [1.29, 1.82) is 0 Å². The molecule has 0 aromatic heterocycles. The van der Waals surface area contributed by atoms with Crippen LogP contribution in [0.4, 0.5) is 0 Å². The predicted molar refractivity (Wildman–Crippen MR) is 54.8 cm³/mol. The Morgan fingerprint density at radius 1 is 1.50 bits per heavy atom. The first kappa shape index (κ1) is 9.34. The van der Waals surface area contributed by atoms with Crippen LogP contribution in [0.3, 0.4) is 0 Å². The summed E-state index contributed by atoms with van der Waals surface area (Å²) in [7, 11) is 0. The van der Waals surface area contributed by atoms with Gasteiger partial charge in [0.15, 0.2) is 0 Å². The molecule has 0 saturated heterocycles. The van der Waals surface area contributed by atoms with Crippen LogP contribution in [0.2, 0.25) is 5.02 Å². The van der Waals surface area contributed by atoms with Crippen LogP contribution in [-0.4, -0.2) is 0 Å². The largest absolute Gasteiger partial charge is 0.102 e. The molecule has 12 heavy (non-hydrogen) atoms. The first-order valence-corrected chi connectivity index (χ1v) is 4.42. The van der Waals surface area contributed by atoms with Gasteiger partial charge < -0.3 is 0 Å². The molecular weight excluding hydrogens is 168 g/mol. The topological polar surface area (TPSA) is 0 Å². The zero-order valence-electron chi connectivity index (χ0n) is 7.47. The number of hydrogen-bond acceptors (Lipinski definition) is 0. The zero-order valence-corrected chi connectivity index (χ0v) is 8.23. The van der Waals surface area contributed by atoms with E-state index in [0.29, 0.717) is 5.92 Å². The molecule has 0 aliphatic heterocycles. The lowest BCUT2D eigenvalue weighted by Crippen LogP contribution is -1.92. The smallest absolute Gasteiger partial charge is 0.0438 e. The molecule has 1 aromatic rings. The fourth-order valence-corrected chi connectivity index (χ4v) is 1.43. The molecule has 1 atom stereocenters. The molecule has 1 unspecified atom stereocenters. The molecule has 0 amide bonds. The molecular formula is C11H13Cl. The van der Waals surface area contributed by atoms with Crippen molar-refractivity contribution in [3.8, 4) is 0 Å². The molecule has 0 bridgehead atoms. The molecule has 0 spiro atoms. The van der Waals surface area contributed by atoms with Gasteiger partial charge in [0.2, 0.25) is 0 Å². The molecule has 0 aliphatic carbocycles. The Hall–Kier alpha value is -0.750. The lowest BCUT2D eigenvalue weighted by molar-refractivity contribution is 0.956. The highest BCUT2D eigenvalue weighted by Gasteiger charge is 2.05. The molecule has 0 saturated carbocycles. The summed E-state index contributed by atoms with van der Waals surface area (Å²) in [5, 5.41) is 0.834. The summed E-state index contributed by atoms with van der Waals surface area (Å²) in [5.41, 5.74) is 2.42. The molecule has 0 fully saturated rings.